The maximum atomic E-state index is 5.61. The SMILES string of the molecule is Cc1cccc(-c2cccc(CCC(C)CCN)c2)c1. The molecular weight excluding hydrogens is 242 g/mol. The van der Waals surface area contributed by atoms with Crippen LogP contribution in [0.5, 0.6) is 0 Å². The maximum absolute atomic E-state index is 5.61. The molecular formula is C19H25N. The molecule has 2 aromatic carbocycles. The Morgan fingerprint density at radius 3 is 2.35 bits per heavy atom. The normalized spacial score (nSPS) is 12.3. The van der Waals surface area contributed by atoms with Gasteiger partial charge < -0.3 is 5.73 Å². The van der Waals surface area contributed by atoms with Gasteiger partial charge in [0.2, 0.25) is 0 Å². The van der Waals surface area contributed by atoms with E-state index in [4.69, 9.17) is 5.73 Å². The summed E-state index contributed by atoms with van der Waals surface area (Å²) in [5, 5.41) is 0. The minimum Gasteiger partial charge on any atom is -0.330 e. The van der Waals surface area contributed by atoms with Crippen LogP contribution in [0.15, 0.2) is 48.5 Å². The molecule has 0 radical (unpaired) electrons. The van der Waals surface area contributed by atoms with Crippen molar-refractivity contribution < 1.29 is 0 Å². The molecule has 20 heavy (non-hydrogen) atoms. The fraction of sp³-hybridized carbons (Fsp3) is 0.368. The number of aryl methyl sites for hydroxylation is 2. The molecule has 0 saturated carbocycles. The van der Waals surface area contributed by atoms with Gasteiger partial charge in [0.05, 0.1) is 0 Å². The first kappa shape index (κ1) is 14.8. The Labute approximate surface area is 122 Å². The van der Waals surface area contributed by atoms with Crippen LogP contribution in [-0.2, 0) is 6.42 Å². The lowest BCUT2D eigenvalue weighted by atomic mass is 9.96. The number of benzene rings is 2. The van der Waals surface area contributed by atoms with Crippen molar-refractivity contribution in [2.45, 2.75) is 33.1 Å². The predicted octanol–water partition coefficient (Wildman–Crippen LogP) is 4.58. The molecule has 1 heteroatoms. The minimum atomic E-state index is 0.711. The summed E-state index contributed by atoms with van der Waals surface area (Å²) in [5.41, 5.74) is 11.0. The highest BCUT2D eigenvalue weighted by Gasteiger charge is 2.03. The first-order valence-electron chi connectivity index (χ1n) is 7.55. The lowest BCUT2D eigenvalue weighted by Gasteiger charge is -2.11. The van der Waals surface area contributed by atoms with Crippen LogP contribution < -0.4 is 5.73 Å². The van der Waals surface area contributed by atoms with Gasteiger partial charge in [-0.25, -0.2) is 0 Å². The third-order valence-electron chi connectivity index (χ3n) is 3.86. The number of hydrogen-bond acceptors (Lipinski definition) is 1. The minimum absolute atomic E-state index is 0.711. The molecule has 0 saturated heterocycles. The summed E-state index contributed by atoms with van der Waals surface area (Å²) in [6.07, 6.45) is 3.48. The molecule has 1 nitrogen and oxygen atoms in total. The third-order valence-corrected chi connectivity index (χ3v) is 3.86. The Morgan fingerprint density at radius 2 is 1.65 bits per heavy atom. The van der Waals surface area contributed by atoms with E-state index in [1.54, 1.807) is 0 Å². The largest absolute Gasteiger partial charge is 0.330 e. The molecule has 0 amide bonds. The van der Waals surface area contributed by atoms with Gasteiger partial charge in [0, 0.05) is 0 Å². The van der Waals surface area contributed by atoms with Crippen LogP contribution in [0.4, 0.5) is 0 Å². The van der Waals surface area contributed by atoms with Crippen molar-refractivity contribution in [3.63, 3.8) is 0 Å². The van der Waals surface area contributed by atoms with Crippen LogP contribution in [0.25, 0.3) is 11.1 Å². The number of hydrogen-bond donors (Lipinski definition) is 1. The van der Waals surface area contributed by atoms with Gasteiger partial charge >= 0.3 is 0 Å². The summed E-state index contributed by atoms with van der Waals surface area (Å²) >= 11 is 0. The maximum Gasteiger partial charge on any atom is -0.00747 e. The van der Waals surface area contributed by atoms with Crippen molar-refractivity contribution in [1.29, 1.82) is 0 Å². The van der Waals surface area contributed by atoms with Crippen LogP contribution in [0.2, 0.25) is 0 Å². The molecule has 2 rings (SSSR count). The van der Waals surface area contributed by atoms with E-state index in [1.807, 2.05) is 0 Å². The summed E-state index contributed by atoms with van der Waals surface area (Å²) in [7, 11) is 0. The Morgan fingerprint density at radius 1 is 0.950 bits per heavy atom. The highest BCUT2D eigenvalue weighted by Crippen LogP contribution is 2.22. The van der Waals surface area contributed by atoms with Gasteiger partial charge in [0.1, 0.15) is 0 Å². The van der Waals surface area contributed by atoms with Crippen molar-refractivity contribution in [2.75, 3.05) is 6.54 Å². The van der Waals surface area contributed by atoms with E-state index in [-0.39, 0.29) is 0 Å². The topological polar surface area (TPSA) is 26.0 Å². The molecule has 2 aromatic rings. The van der Waals surface area contributed by atoms with Gasteiger partial charge in [-0.15, -0.1) is 0 Å². The second-order valence-corrected chi connectivity index (χ2v) is 5.79. The first-order chi connectivity index (χ1) is 9.69. The average molecular weight is 267 g/mol. The lowest BCUT2D eigenvalue weighted by molar-refractivity contribution is 0.500. The van der Waals surface area contributed by atoms with Crippen LogP contribution in [0.3, 0.4) is 0 Å². The van der Waals surface area contributed by atoms with Gasteiger partial charge in [0.15, 0.2) is 0 Å². The Kier molecular flexibility index (Phi) is 5.37. The molecule has 0 aliphatic heterocycles. The van der Waals surface area contributed by atoms with Crippen LogP contribution in [0, 0.1) is 12.8 Å². The van der Waals surface area contributed by atoms with E-state index >= 15 is 0 Å². The second-order valence-electron chi connectivity index (χ2n) is 5.79. The molecule has 0 heterocycles. The van der Waals surface area contributed by atoms with Crippen molar-refractivity contribution in [3.8, 4) is 11.1 Å². The fourth-order valence-corrected chi connectivity index (χ4v) is 2.57. The van der Waals surface area contributed by atoms with Crippen molar-refractivity contribution in [3.05, 3.63) is 59.7 Å². The second kappa shape index (κ2) is 7.25. The smallest absolute Gasteiger partial charge is 0.00747 e. The zero-order valence-corrected chi connectivity index (χ0v) is 12.6. The Balaban J connectivity index is 2.08. The lowest BCUT2D eigenvalue weighted by Crippen LogP contribution is -2.06. The summed E-state index contributed by atoms with van der Waals surface area (Å²) in [5.74, 6) is 0.711. The van der Waals surface area contributed by atoms with E-state index in [9.17, 15) is 0 Å². The van der Waals surface area contributed by atoms with E-state index < -0.39 is 0 Å². The molecule has 0 spiro atoms. The average Bonchev–Trinajstić information content (AvgIpc) is 2.46. The zero-order chi connectivity index (χ0) is 14.4. The van der Waals surface area contributed by atoms with E-state index in [0.29, 0.717) is 5.92 Å². The standard InChI is InChI=1S/C19H25N/c1-15(11-12-20)9-10-17-6-4-8-19(14-17)18-7-3-5-16(2)13-18/h3-8,13-15H,9-12,20H2,1-2H3. The van der Waals surface area contributed by atoms with Crippen molar-refractivity contribution in [1.82, 2.24) is 0 Å². The molecule has 1 atom stereocenters. The summed E-state index contributed by atoms with van der Waals surface area (Å²) in [6.45, 7) is 5.23. The quantitative estimate of drug-likeness (QED) is 0.814. The van der Waals surface area contributed by atoms with E-state index in [1.165, 1.54) is 28.7 Å². The summed E-state index contributed by atoms with van der Waals surface area (Å²) in [4.78, 5) is 0. The number of nitrogens with two attached hydrogens (primary N) is 1. The molecule has 0 bridgehead atoms. The molecule has 106 valence electrons. The molecule has 0 aromatic heterocycles. The van der Waals surface area contributed by atoms with Crippen molar-refractivity contribution >= 4 is 0 Å². The van der Waals surface area contributed by atoms with Crippen LogP contribution in [-0.4, -0.2) is 6.54 Å². The van der Waals surface area contributed by atoms with Crippen molar-refractivity contribution in [2.24, 2.45) is 11.7 Å². The molecule has 0 aliphatic carbocycles. The first-order valence-corrected chi connectivity index (χ1v) is 7.55. The fourth-order valence-electron chi connectivity index (χ4n) is 2.57. The van der Waals surface area contributed by atoms with Gasteiger partial charge in [-0.2, -0.15) is 0 Å². The van der Waals surface area contributed by atoms with Crippen LogP contribution >= 0.6 is 0 Å². The van der Waals surface area contributed by atoms with E-state index in [0.717, 1.165) is 19.4 Å². The van der Waals surface area contributed by atoms with Gasteiger partial charge in [-0.05, 0) is 55.3 Å². The van der Waals surface area contributed by atoms with Gasteiger partial charge in [-0.3, -0.25) is 0 Å². The molecule has 0 aliphatic rings. The zero-order valence-electron chi connectivity index (χ0n) is 12.6. The highest BCUT2D eigenvalue weighted by molar-refractivity contribution is 5.64. The number of rotatable bonds is 6. The van der Waals surface area contributed by atoms with Crippen LogP contribution in [0.1, 0.15) is 30.9 Å². The molecule has 2 N–H and O–H groups in total. The van der Waals surface area contributed by atoms with Gasteiger partial charge in [-0.1, -0.05) is 61.0 Å². The predicted molar refractivity (Wildman–Crippen MR) is 87.8 cm³/mol. The molecule has 0 fully saturated rings. The Bertz CT molecular complexity index is 545. The van der Waals surface area contributed by atoms with Gasteiger partial charge in [0.25, 0.3) is 0 Å². The Hall–Kier alpha value is -1.60. The monoisotopic (exact) mass is 267 g/mol. The third kappa shape index (κ3) is 4.21. The molecule has 1 unspecified atom stereocenters. The highest BCUT2D eigenvalue weighted by atomic mass is 14.5. The summed E-state index contributed by atoms with van der Waals surface area (Å²) in [6, 6.07) is 17.6. The summed E-state index contributed by atoms with van der Waals surface area (Å²) < 4.78 is 0. The van der Waals surface area contributed by atoms with E-state index in [2.05, 4.69) is 62.4 Å².